The summed E-state index contributed by atoms with van der Waals surface area (Å²) in [5, 5.41) is -1.02. The fourth-order valence-electron chi connectivity index (χ4n) is 4.66. The van der Waals surface area contributed by atoms with Crippen molar-refractivity contribution in [3.63, 3.8) is 0 Å². The lowest BCUT2D eigenvalue weighted by atomic mass is 10.0. The number of carbonyl (C=O) groups is 1. The minimum absolute atomic E-state index is 0.00484. The summed E-state index contributed by atoms with van der Waals surface area (Å²) in [5.74, 6) is -0.859. The van der Waals surface area contributed by atoms with E-state index in [4.69, 9.17) is 32.7 Å². The number of rotatable bonds is 14. The molecule has 9 nitrogen and oxygen atoms in total. The number of hydrogen-bond acceptors (Lipinski definition) is 9. The van der Waals surface area contributed by atoms with E-state index in [1.54, 1.807) is 0 Å². The summed E-state index contributed by atoms with van der Waals surface area (Å²) in [7, 11) is -4.32. The van der Waals surface area contributed by atoms with E-state index in [1.165, 1.54) is 30.6 Å². The Morgan fingerprint density at radius 1 is 1.02 bits per heavy atom. The number of ether oxygens (including phenoxy) is 4. The number of esters is 1. The average Bonchev–Trinajstić information content (AvgIpc) is 3.72. The lowest BCUT2D eigenvalue weighted by Crippen LogP contribution is -2.40. The van der Waals surface area contributed by atoms with Gasteiger partial charge in [0.2, 0.25) is 10.0 Å². The molecule has 48 heavy (non-hydrogen) atoms. The molecule has 0 bridgehead atoms. The maximum atomic E-state index is 13.7. The molecule has 18 heteroatoms. The average molecular weight is 758 g/mol. The summed E-state index contributed by atoms with van der Waals surface area (Å²) in [4.78, 5) is 17.4. The van der Waals surface area contributed by atoms with E-state index in [-0.39, 0.29) is 63.4 Å². The van der Waals surface area contributed by atoms with Crippen molar-refractivity contribution in [3.8, 4) is 17.2 Å². The molecule has 1 saturated carbocycles. The largest absolute Gasteiger partial charge is 0.489 e. The van der Waals surface area contributed by atoms with Gasteiger partial charge < -0.3 is 18.9 Å². The van der Waals surface area contributed by atoms with Gasteiger partial charge in [-0.3, -0.25) is 4.98 Å². The van der Waals surface area contributed by atoms with Crippen molar-refractivity contribution in [3.05, 3.63) is 76.0 Å². The molecule has 260 valence electrons. The zero-order valence-electron chi connectivity index (χ0n) is 24.7. The molecule has 5 rings (SSSR count). The lowest BCUT2D eigenvalue weighted by Gasteiger charge is -2.26. The van der Waals surface area contributed by atoms with Crippen LogP contribution >= 0.6 is 35.0 Å². The Balaban J connectivity index is 1.41. The monoisotopic (exact) mass is 756 g/mol. The molecule has 2 aliphatic rings. The molecule has 0 radical (unpaired) electrons. The third kappa shape index (κ3) is 9.34. The van der Waals surface area contributed by atoms with Crippen molar-refractivity contribution in [2.45, 2.75) is 48.4 Å². The van der Waals surface area contributed by atoms with Crippen molar-refractivity contribution < 1.29 is 54.1 Å². The second-order valence-electron chi connectivity index (χ2n) is 10.8. The van der Waals surface area contributed by atoms with Crippen LogP contribution < -0.4 is 14.2 Å². The summed E-state index contributed by atoms with van der Waals surface area (Å²) in [6, 6.07) is 8.38. The Morgan fingerprint density at radius 3 is 2.33 bits per heavy atom. The van der Waals surface area contributed by atoms with Crippen LogP contribution in [-0.2, 0) is 26.0 Å². The van der Waals surface area contributed by atoms with E-state index < -0.39 is 46.9 Å². The number of pyridine rings is 1. The number of aromatic nitrogens is 1. The van der Waals surface area contributed by atoms with Crippen LogP contribution in [0.25, 0.3) is 0 Å². The Bertz CT molecular complexity index is 1690. The van der Waals surface area contributed by atoms with Crippen LogP contribution in [0.2, 0.25) is 10.0 Å². The van der Waals surface area contributed by atoms with Crippen LogP contribution in [-0.4, -0.2) is 67.3 Å². The molecule has 1 saturated heterocycles. The van der Waals surface area contributed by atoms with Gasteiger partial charge in [-0.2, -0.15) is 26.3 Å². The maximum absolute atomic E-state index is 13.7. The van der Waals surface area contributed by atoms with Gasteiger partial charge in [0.1, 0.15) is 11.9 Å². The van der Waals surface area contributed by atoms with Crippen LogP contribution in [0, 0.1) is 5.92 Å². The van der Waals surface area contributed by atoms with E-state index >= 15 is 0 Å². The van der Waals surface area contributed by atoms with E-state index in [1.807, 2.05) is 0 Å². The highest BCUT2D eigenvalue weighted by molar-refractivity contribution is 8.02. The molecule has 0 N–H and O–H groups in total. The van der Waals surface area contributed by atoms with E-state index in [9.17, 15) is 35.2 Å². The lowest BCUT2D eigenvalue weighted by molar-refractivity contribution is -0.153. The van der Waals surface area contributed by atoms with Gasteiger partial charge in [0.15, 0.2) is 23.5 Å². The zero-order chi connectivity index (χ0) is 34.6. The number of sulfonamides is 1. The molecule has 1 aliphatic carbocycles. The first-order chi connectivity index (χ1) is 22.7. The fraction of sp³-hybridized carbons (Fsp3) is 0.400. The molecular formula is C30H27Cl2F5N2O7S2. The molecule has 1 aliphatic heterocycles. The summed E-state index contributed by atoms with van der Waals surface area (Å²) in [6.07, 6.45) is -1.31. The third-order valence-corrected chi connectivity index (χ3v) is 11.1. The molecule has 3 aromatic rings. The quantitative estimate of drug-likeness (QED) is 0.124. The number of halogens is 7. The Hall–Kier alpha value is -3.05. The molecule has 1 aromatic heterocycles. The highest BCUT2D eigenvalue weighted by Crippen LogP contribution is 2.39. The first-order valence-electron chi connectivity index (χ1n) is 14.3. The maximum Gasteiger partial charge on any atom is 0.422 e. The van der Waals surface area contributed by atoms with Crippen molar-refractivity contribution in [1.82, 2.24) is 9.29 Å². The number of hydrogen-bond donors (Lipinski definition) is 0. The van der Waals surface area contributed by atoms with Crippen LogP contribution in [0.15, 0.2) is 59.8 Å². The van der Waals surface area contributed by atoms with Gasteiger partial charge in [-0.25, -0.2) is 13.2 Å². The van der Waals surface area contributed by atoms with Gasteiger partial charge in [0.05, 0.1) is 21.5 Å². The van der Waals surface area contributed by atoms with Crippen LogP contribution in [0.5, 0.6) is 17.2 Å². The highest BCUT2D eigenvalue weighted by atomic mass is 35.5. The number of carbonyl (C=O) groups excluding carboxylic acids is 1. The molecule has 2 fully saturated rings. The van der Waals surface area contributed by atoms with E-state index in [2.05, 4.69) is 14.5 Å². The minimum Gasteiger partial charge on any atom is -0.489 e. The number of alkyl halides is 5. The minimum atomic E-state index is -4.58. The Labute approximate surface area is 286 Å². The van der Waals surface area contributed by atoms with Crippen LogP contribution in [0.1, 0.15) is 30.1 Å². The first kappa shape index (κ1) is 36.2. The summed E-state index contributed by atoms with van der Waals surface area (Å²) in [5.41, 5.74) is 0.655. The van der Waals surface area contributed by atoms with Gasteiger partial charge in [0, 0.05) is 31.1 Å². The van der Waals surface area contributed by atoms with Crippen molar-refractivity contribution in [2.75, 3.05) is 25.5 Å². The predicted molar refractivity (Wildman–Crippen MR) is 166 cm³/mol. The van der Waals surface area contributed by atoms with Crippen molar-refractivity contribution in [2.24, 2.45) is 5.92 Å². The van der Waals surface area contributed by atoms with Crippen LogP contribution in [0.3, 0.4) is 0 Å². The normalized spacial score (nSPS) is 17.7. The Kier molecular flexibility index (Phi) is 11.5. The van der Waals surface area contributed by atoms with Crippen molar-refractivity contribution in [1.29, 1.82) is 0 Å². The third-order valence-electron chi connectivity index (χ3n) is 7.21. The standard InChI is InChI=1S/C30H27Cl2F5N2O7S2/c31-22-13-38-14-23(32)21(22)12-25(18-3-8-24(46-29(33)34)26(11-18)43-15-17-1-2-17)45-28(40)27-39(9-10-47-27)48(41,42)20-6-4-19(5-7-20)44-16-30(35,36)37/h3-8,11,13-14,17,25,27,29H,1-2,9-10,12,15-16H2/t25-,27-/m0/s1. The van der Waals surface area contributed by atoms with Gasteiger partial charge in [-0.15, -0.1) is 11.8 Å². The van der Waals surface area contributed by atoms with Gasteiger partial charge in [0.25, 0.3) is 0 Å². The molecule has 2 atom stereocenters. The number of thioether (sulfide) groups is 1. The molecule has 0 amide bonds. The summed E-state index contributed by atoms with van der Waals surface area (Å²) >= 11 is 13.7. The second kappa shape index (κ2) is 15.2. The predicted octanol–water partition coefficient (Wildman–Crippen LogP) is 7.31. The molecule has 2 aromatic carbocycles. The van der Waals surface area contributed by atoms with Gasteiger partial charge in [-0.1, -0.05) is 29.3 Å². The summed E-state index contributed by atoms with van der Waals surface area (Å²) < 4.78 is 113. The highest BCUT2D eigenvalue weighted by Gasteiger charge is 2.42. The van der Waals surface area contributed by atoms with Crippen LogP contribution in [0.4, 0.5) is 22.0 Å². The number of benzene rings is 2. The summed E-state index contributed by atoms with van der Waals surface area (Å²) in [6.45, 7) is -4.48. The van der Waals surface area contributed by atoms with Gasteiger partial charge in [-0.05, 0) is 66.3 Å². The molecule has 2 heterocycles. The molecule has 0 spiro atoms. The fourth-order valence-corrected chi connectivity index (χ4v) is 8.23. The first-order valence-corrected chi connectivity index (χ1v) is 17.6. The van der Waals surface area contributed by atoms with E-state index in [0.717, 1.165) is 53.2 Å². The van der Waals surface area contributed by atoms with Gasteiger partial charge >= 0.3 is 18.8 Å². The van der Waals surface area contributed by atoms with E-state index in [0.29, 0.717) is 11.1 Å². The zero-order valence-corrected chi connectivity index (χ0v) is 27.8. The number of nitrogens with zero attached hydrogens (tertiary/aromatic N) is 2. The SMILES string of the molecule is O=C(O[C@@H](Cc1c(Cl)cncc1Cl)c1ccc(OC(F)F)c(OCC2CC2)c1)[C@@H]1SCCN1S(=O)(=O)c1ccc(OCC(F)(F)F)cc1. The molecular weight excluding hydrogens is 730 g/mol. The Morgan fingerprint density at radius 2 is 1.71 bits per heavy atom. The molecule has 0 unspecified atom stereocenters. The second-order valence-corrected chi connectivity index (χ2v) is 14.7. The smallest absolute Gasteiger partial charge is 0.422 e. The van der Waals surface area contributed by atoms with Crippen molar-refractivity contribution >= 4 is 51.0 Å². The topological polar surface area (TPSA) is 104 Å².